The lowest BCUT2D eigenvalue weighted by Gasteiger charge is -2.22. The quantitative estimate of drug-likeness (QED) is 0.453. The van der Waals surface area contributed by atoms with Crippen LogP contribution in [0.25, 0.3) is 0 Å². The molecule has 5 heteroatoms. The Morgan fingerprint density at radius 1 is 1.61 bits per heavy atom. The van der Waals surface area contributed by atoms with Crippen LogP contribution in [0.5, 0.6) is 0 Å². The molecule has 0 amide bonds. The molecule has 5 nitrogen and oxygen atoms in total. The van der Waals surface area contributed by atoms with Crippen molar-refractivity contribution < 1.29 is 14.4 Å². The molecule has 98 valence electrons. The molecule has 18 heavy (non-hydrogen) atoms. The molecule has 2 atom stereocenters. The van der Waals surface area contributed by atoms with Gasteiger partial charge in [0.25, 0.3) is 0 Å². The number of pyridine rings is 1. The van der Waals surface area contributed by atoms with Gasteiger partial charge in [0, 0.05) is 6.20 Å². The maximum absolute atomic E-state index is 11.8. The number of nitrogens with one attached hydrogen (secondary N) is 1. The zero-order valence-corrected chi connectivity index (χ0v) is 10.6. The lowest BCUT2D eigenvalue weighted by Crippen LogP contribution is -2.33. The van der Waals surface area contributed by atoms with Gasteiger partial charge in [-0.2, -0.15) is 5.48 Å². The fraction of sp³-hybridized carbons (Fsp3) is 0.385. The van der Waals surface area contributed by atoms with Crippen LogP contribution < -0.4 is 5.48 Å². The Bertz CT molecular complexity index is 381. The highest BCUT2D eigenvalue weighted by molar-refractivity contribution is 5.75. The fourth-order valence-corrected chi connectivity index (χ4v) is 1.61. The number of aromatic nitrogens is 1. The monoisotopic (exact) mass is 250 g/mol. The van der Waals surface area contributed by atoms with Crippen LogP contribution in [-0.4, -0.2) is 24.7 Å². The van der Waals surface area contributed by atoms with Crippen molar-refractivity contribution in [3.8, 4) is 0 Å². The van der Waals surface area contributed by atoms with E-state index >= 15 is 0 Å². The van der Waals surface area contributed by atoms with Crippen molar-refractivity contribution in [2.45, 2.75) is 13.0 Å². The molecule has 0 spiro atoms. The smallest absolute Gasteiger partial charge is 0.314 e. The van der Waals surface area contributed by atoms with Gasteiger partial charge in [-0.1, -0.05) is 12.1 Å². The molecule has 1 heterocycles. The SMILES string of the molecule is C=C[C@@H](C(=O)OCC)[C@H](NOC)c1ccccn1. The summed E-state index contributed by atoms with van der Waals surface area (Å²) in [5, 5.41) is 0. The molecular weight excluding hydrogens is 232 g/mol. The average molecular weight is 250 g/mol. The van der Waals surface area contributed by atoms with Gasteiger partial charge in [0.1, 0.15) is 0 Å². The van der Waals surface area contributed by atoms with Crippen LogP contribution in [0.3, 0.4) is 0 Å². The van der Waals surface area contributed by atoms with Gasteiger partial charge in [-0.3, -0.25) is 9.78 Å². The largest absolute Gasteiger partial charge is 0.465 e. The molecule has 1 aromatic heterocycles. The average Bonchev–Trinajstić information content (AvgIpc) is 2.40. The Labute approximate surface area is 107 Å². The van der Waals surface area contributed by atoms with Crippen molar-refractivity contribution in [2.24, 2.45) is 5.92 Å². The third-order valence-electron chi connectivity index (χ3n) is 2.42. The van der Waals surface area contributed by atoms with Crippen molar-refractivity contribution in [2.75, 3.05) is 13.7 Å². The lowest BCUT2D eigenvalue weighted by molar-refractivity contribution is -0.148. The Kier molecular flexibility index (Phi) is 6.04. The molecule has 1 aromatic rings. The summed E-state index contributed by atoms with van der Waals surface area (Å²) in [5.41, 5.74) is 3.45. The van der Waals surface area contributed by atoms with Gasteiger partial charge >= 0.3 is 5.97 Å². The molecule has 1 rings (SSSR count). The van der Waals surface area contributed by atoms with Crippen molar-refractivity contribution in [3.63, 3.8) is 0 Å². The molecular formula is C13H18N2O3. The first-order chi connectivity index (χ1) is 8.74. The van der Waals surface area contributed by atoms with E-state index in [1.54, 1.807) is 19.2 Å². The summed E-state index contributed by atoms with van der Waals surface area (Å²) in [5.74, 6) is -0.910. The first-order valence-electron chi connectivity index (χ1n) is 5.73. The van der Waals surface area contributed by atoms with E-state index in [1.165, 1.54) is 13.2 Å². The number of nitrogens with zero attached hydrogens (tertiary/aromatic N) is 1. The zero-order chi connectivity index (χ0) is 13.4. The minimum Gasteiger partial charge on any atom is -0.465 e. The van der Waals surface area contributed by atoms with E-state index in [2.05, 4.69) is 17.0 Å². The van der Waals surface area contributed by atoms with Gasteiger partial charge < -0.3 is 9.57 Å². The van der Waals surface area contributed by atoms with Crippen molar-refractivity contribution in [1.82, 2.24) is 10.5 Å². The number of hydrogen-bond donors (Lipinski definition) is 1. The van der Waals surface area contributed by atoms with Crippen molar-refractivity contribution >= 4 is 5.97 Å². The maximum Gasteiger partial charge on any atom is 0.314 e. The van der Waals surface area contributed by atoms with Gasteiger partial charge in [0.15, 0.2) is 0 Å². The predicted octanol–water partition coefficient (Wildman–Crippen LogP) is 1.64. The van der Waals surface area contributed by atoms with Gasteiger partial charge in [-0.05, 0) is 19.1 Å². The van der Waals surface area contributed by atoms with Crippen molar-refractivity contribution in [1.29, 1.82) is 0 Å². The Morgan fingerprint density at radius 3 is 2.89 bits per heavy atom. The first kappa shape index (κ1) is 14.3. The summed E-state index contributed by atoms with van der Waals surface area (Å²) in [4.78, 5) is 21.0. The summed E-state index contributed by atoms with van der Waals surface area (Å²) >= 11 is 0. The molecule has 0 bridgehead atoms. The Hall–Kier alpha value is -1.72. The molecule has 0 unspecified atom stereocenters. The number of carbonyl (C=O) groups excluding carboxylic acids is 1. The van der Waals surface area contributed by atoms with Crippen LogP contribution in [0.4, 0.5) is 0 Å². The third-order valence-corrected chi connectivity index (χ3v) is 2.42. The second-order valence-electron chi connectivity index (χ2n) is 3.57. The standard InChI is InChI=1S/C13H18N2O3/c1-4-10(13(16)18-5-2)12(15-17-3)11-8-6-7-9-14-11/h4,6-10,12,15H,1,5H2,2-3H3/t10-,12+/m1/s1. The number of hydrogen-bond acceptors (Lipinski definition) is 5. The van der Waals surface area contributed by atoms with Gasteiger partial charge in [-0.15, -0.1) is 6.58 Å². The minimum absolute atomic E-state index is 0.324. The van der Waals surface area contributed by atoms with E-state index in [-0.39, 0.29) is 5.97 Å². The van der Waals surface area contributed by atoms with E-state index in [9.17, 15) is 4.79 Å². The summed E-state index contributed by atoms with van der Waals surface area (Å²) in [7, 11) is 1.49. The van der Waals surface area contributed by atoms with E-state index in [0.717, 1.165) is 0 Å². The predicted molar refractivity (Wildman–Crippen MR) is 67.4 cm³/mol. The van der Waals surface area contributed by atoms with Crippen LogP contribution in [0.15, 0.2) is 37.1 Å². The normalized spacial score (nSPS) is 13.7. The lowest BCUT2D eigenvalue weighted by atomic mass is 9.97. The summed E-state index contributed by atoms with van der Waals surface area (Å²) in [6.45, 7) is 5.75. The van der Waals surface area contributed by atoms with Gasteiger partial charge in [0.2, 0.25) is 0 Å². The summed E-state index contributed by atoms with van der Waals surface area (Å²) in [6.07, 6.45) is 3.19. The molecule has 0 saturated heterocycles. The molecule has 1 N–H and O–H groups in total. The van der Waals surface area contributed by atoms with E-state index in [4.69, 9.17) is 9.57 Å². The maximum atomic E-state index is 11.8. The minimum atomic E-state index is -0.556. The number of esters is 1. The van der Waals surface area contributed by atoms with Crippen LogP contribution in [-0.2, 0) is 14.4 Å². The molecule has 0 saturated carbocycles. The van der Waals surface area contributed by atoms with Crippen LogP contribution in [0, 0.1) is 5.92 Å². The number of hydroxylamine groups is 1. The van der Waals surface area contributed by atoms with Gasteiger partial charge in [-0.25, -0.2) is 0 Å². The molecule has 0 fully saturated rings. The summed E-state index contributed by atoms with van der Waals surface area (Å²) in [6, 6.07) is 5.04. The first-order valence-corrected chi connectivity index (χ1v) is 5.73. The number of carbonyl (C=O) groups is 1. The zero-order valence-electron chi connectivity index (χ0n) is 10.6. The molecule has 0 aliphatic heterocycles. The molecule has 0 aromatic carbocycles. The Balaban J connectivity index is 2.95. The van der Waals surface area contributed by atoms with Crippen LogP contribution >= 0.6 is 0 Å². The van der Waals surface area contributed by atoms with E-state index < -0.39 is 12.0 Å². The second kappa shape index (κ2) is 7.58. The van der Waals surface area contributed by atoms with Crippen molar-refractivity contribution in [3.05, 3.63) is 42.7 Å². The highest BCUT2D eigenvalue weighted by atomic mass is 16.6. The van der Waals surface area contributed by atoms with E-state index in [0.29, 0.717) is 12.3 Å². The highest BCUT2D eigenvalue weighted by Gasteiger charge is 2.29. The molecule has 0 aliphatic carbocycles. The van der Waals surface area contributed by atoms with Crippen LogP contribution in [0.1, 0.15) is 18.7 Å². The number of ether oxygens (including phenoxy) is 1. The second-order valence-corrected chi connectivity index (χ2v) is 3.57. The molecule has 0 radical (unpaired) electrons. The highest BCUT2D eigenvalue weighted by Crippen LogP contribution is 2.22. The fourth-order valence-electron chi connectivity index (χ4n) is 1.61. The number of rotatable bonds is 7. The van der Waals surface area contributed by atoms with Crippen LogP contribution in [0.2, 0.25) is 0 Å². The van der Waals surface area contributed by atoms with E-state index in [1.807, 2.05) is 12.1 Å². The topological polar surface area (TPSA) is 60.5 Å². The Morgan fingerprint density at radius 2 is 2.39 bits per heavy atom. The summed E-state index contributed by atoms with van der Waals surface area (Å²) < 4.78 is 5.01. The third kappa shape index (κ3) is 3.65. The van der Waals surface area contributed by atoms with Gasteiger partial charge in [0.05, 0.1) is 31.4 Å². The molecule has 0 aliphatic rings.